The Morgan fingerprint density at radius 3 is 2.42 bits per heavy atom. The third-order valence-corrected chi connectivity index (χ3v) is 2.15. The van der Waals surface area contributed by atoms with Crippen LogP contribution in [0.1, 0.15) is 13.8 Å². The zero-order valence-corrected chi connectivity index (χ0v) is 14.9. The van der Waals surface area contributed by atoms with Crippen molar-refractivity contribution >= 4 is 35.8 Å². The zero-order valence-electron chi connectivity index (χ0n) is 12.5. The molecule has 0 aliphatic heterocycles. The van der Waals surface area contributed by atoms with Gasteiger partial charge in [0.15, 0.2) is 5.96 Å². The molecule has 114 valence electrons. The number of ether oxygens (including phenoxy) is 1. The summed E-state index contributed by atoms with van der Waals surface area (Å²) in [6.07, 6.45) is 0. The molecule has 0 heterocycles. The molecule has 0 bridgehead atoms. The number of likely N-dealkylation sites (N-methyl/N-ethyl adjacent to an activating group) is 1. The van der Waals surface area contributed by atoms with Crippen LogP contribution in [0.2, 0.25) is 0 Å². The minimum atomic E-state index is -0.0209. The van der Waals surface area contributed by atoms with E-state index in [1.807, 2.05) is 0 Å². The molecule has 2 N–H and O–H groups in total. The van der Waals surface area contributed by atoms with Crippen LogP contribution < -0.4 is 10.6 Å². The minimum absolute atomic E-state index is 0. The smallest absolute Gasteiger partial charge is 0.243 e. The molecule has 0 aromatic heterocycles. The Labute approximate surface area is 133 Å². The highest BCUT2D eigenvalue weighted by atomic mass is 127. The van der Waals surface area contributed by atoms with E-state index < -0.39 is 0 Å². The van der Waals surface area contributed by atoms with Gasteiger partial charge in [-0.2, -0.15) is 0 Å². The number of aliphatic imine (C=N–C) groups is 1. The Bertz CT molecular complexity index is 270. The van der Waals surface area contributed by atoms with Crippen LogP contribution in [0.5, 0.6) is 0 Å². The average Bonchev–Trinajstić information content (AvgIpc) is 2.31. The number of guanidine groups is 1. The normalized spacial score (nSPS) is 10.9. The highest BCUT2D eigenvalue weighted by Gasteiger charge is 2.04. The maximum Gasteiger partial charge on any atom is 0.243 e. The van der Waals surface area contributed by atoms with E-state index in [2.05, 4.69) is 29.5 Å². The molecule has 0 aromatic rings. The number of rotatable bonds is 7. The maximum absolute atomic E-state index is 11.5. The van der Waals surface area contributed by atoms with Gasteiger partial charge >= 0.3 is 0 Å². The quantitative estimate of drug-likeness (QED) is 0.290. The fourth-order valence-corrected chi connectivity index (χ4v) is 1.03. The largest absolute Gasteiger partial charge is 0.383 e. The van der Waals surface area contributed by atoms with Crippen molar-refractivity contribution in [1.82, 2.24) is 15.5 Å². The predicted octanol–water partition coefficient (Wildman–Crippen LogP) is 0.530. The minimum Gasteiger partial charge on any atom is -0.383 e. The van der Waals surface area contributed by atoms with Crippen molar-refractivity contribution in [2.75, 3.05) is 47.4 Å². The maximum atomic E-state index is 11.5. The Kier molecular flexibility index (Phi) is 13.6. The van der Waals surface area contributed by atoms with Gasteiger partial charge in [0, 0.05) is 34.3 Å². The van der Waals surface area contributed by atoms with E-state index in [1.54, 1.807) is 21.2 Å². The molecule has 7 heteroatoms. The van der Waals surface area contributed by atoms with E-state index in [1.165, 1.54) is 4.90 Å². The first-order valence-corrected chi connectivity index (χ1v) is 6.18. The number of hydrogen-bond donors (Lipinski definition) is 2. The van der Waals surface area contributed by atoms with Gasteiger partial charge in [0.2, 0.25) is 5.91 Å². The summed E-state index contributed by atoms with van der Waals surface area (Å²) in [5.41, 5.74) is 0. The molecule has 0 fully saturated rings. The number of nitrogens with zero attached hydrogens (tertiary/aromatic N) is 2. The highest BCUT2D eigenvalue weighted by Crippen LogP contribution is 1.87. The van der Waals surface area contributed by atoms with Crippen LogP contribution in [0.4, 0.5) is 0 Å². The van der Waals surface area contributed by atoms with E-state index >= 15 is 0 Å². The Balaban J connectivity index is 0. The molecule has 0 saturated carbocycles. The van der Waals surface area contributed by atoms with Crippen molar-refractivity contribution in [3.05, 3.63) is 0 Å². The summed E-state index contributed by atoms with van der Waals surface area (Å²) in [5.74, 6) is 1.15. The van der Waals surface area contributed by atoms with Crippen LogP contribution in [0.3, 0.4) is 0 Å². The summed E-state index contributed by atoms with van der Waals surface area (Å²) >= 11 is 0. The van der Waals surface area contributed by atoms with Crippen LogP contribution in [-0.2, 0) is 9.53 Å². The lowest BCUT2D eigenvalue weighted by molar-refractivity contribution is -0.127. The van der Waals surface area contributed by atoms with Gasteiger partial charge in [-0.05, 0) is 5.92 Å². The lowest BCUT2D eigenvalue weighted by Crippen LogP contribution is -2.41. The molecule has 0 unspecified atom stereocenters. The molecule has 0 radical (unpaired) electrons. The number of carbonyl (C=O) groups is 1. The van der Waals surface area contributed by atoms with Crippen molar-refractivity contribution in [3.8, 4) is 0 Å². The lowest BCUT2D eigenvalue weighted by atomic mass is 10.2. The third kappa shape index (κ3) is 12.2. The van der Waals surface area contributed by atoms with Crippen LogP contribution in [0, 0.1) is 5.92 Å². The van der Waals surface area contributed by atoms with Gasteiger partial charge in [-0.1, -0.05) is 13.8 Å². The van der Waals surface area contributed by atoms with Gasteiger partial charge in [-0.15, -0.1) is 24.0 Å². The number of methoxy groups -OCH3 is 1. The number of carbonyl (C=O) groups excluding carboxylic acids is 1. The third-order valence-electron chi connectivity index (χ3n) is 2.15. The zero-order chi connectivity index (χ0) is 14.0. The van der Waals surface area contributed by atoms with Crippen LogP contribution in [-0.4, -0.2) is 64.2 Å². The first-order valence-electron chi connectivity index (χ1n) is 6.18. The first-order chi connectivity index (χ1) is 8.47. The van der Waals surface area contributed by atoms with E-state index in [4.69, 9.17) is 4.74 Å². The topological polar surface area (TPSA) is 66.0 Å². The van der Waals surface area contributed by atoms with Crippen molar-refractivity contribution < 1.29 is 9.53 Å². The van der Waals surface area contributed by atoms with Gasteiger partial charge in [-0.3, -0.25) is 4.79 Å². The average molecular weight is 386 g/mol. The molecular weight excluding hydrogens is 359 g/mol. The van der Waals surface area contributed by atoms with Gasteiger partial charge in [-0.25, -0.2) is 4.99 Å². The second kappa shape index (κ2) is 12.5. The van der Waals surface area contributed by atoms with Crippen molar-refractivity contribution in [1.29, 1.82) is 0 Å². The van der Waals surface area contributed by atoms with Crippen molar-refractivity contribution in [3.63, 3.8) is 0 Å². The number of hydrogen-bond acceptors (Lipinski definition) is 3. The molecule has 0 aromatic carbocycles. The fraction of sp³-hybridized carbons (Fsp3) is 0.833. The van der Waals surface area contributed by atoms with Crippen molar-refractivity contribution in [2.24, 2.45) is 10.9 Å². The predicted molar refractivity (Wildman–Crippen MR) is 89.1 cm³/mol. The van der Waals surface area contributed by atoms with E-state index in [0.717, 1.165) is 6.54 Å². The number of nitrogens with one attached hydrogen (secondary N) is 2. The first kappa shape index (κ1) is 20.7. The molecule has 0 aliphatic rings. The standard InChI is InChI=1S/C12H26N4O2.HI/c1-10(2)8-14-12(13-6-7-18-5)15-9-11(17)16(3)4;/h10H,6-9H2,1-5H3,(H2,13,14,15);1H. The Hall–Kier alpha value is -0.570. The van der Waals surface area contributed by atoms with Gasteiger partial charge in [0.25, 0.3) is 0 Å². The van der Waals surface area contributed by atoms with Gasteiger partial charge in [0.05, 0.1) is 6.61 Å². The van der Waals surface area contributed by atoms with E-state index in [0.29, 0.717) is 25.0 Å². The van der Waals surface area contributed by atoms with Gasteiger partial charge in [0.1, 0.15) is 6.54 Å². The second-order valence-electron chi connectivity index (χ2n) is 4.65. The summed E-state index contributed by atoms with van der Waals surface area (Å²) in [4.78, 5) is 17.2. The number of amides is 1. The van der Waals surface area contributed by atoms with Crippen LogP contribution in [0.25, 0.3) is 0 Å². The molecule has 1 amide bonds. The molecule has 0 saturated heterocycles. The summed E-state index contributed by atoms with van der Waals surface area (Å²) < 4.78 is 4.96. The monoisotopic (exact) mass is 386 g/mol. The van der Waals surface area contributed by atoms with E-state index in [-0.39, 0.29) is 36.4 Å². The fourth-order valence-electron chi connectivity index (χ4n) is 1.03. The SMILES string of the molecule is COCCNC(=NCC(=O)N(C)C)NCC(C)C.I. The molecular formula is C12H27IN4O2. The van der Waals surface area contributed by atoms with Crippen molar-refractivity contribution in [2.45, 2.75) is 13.8 Å². The molecule has 6 nitrogen and oxygen atoms in total. The summed E-state index contributed by atoms with van der Waals surface area (Å²) in [7, 11) is 5.09. The van der Waals surface area contributed by atoms with Crippen LogP contribution >= 0.6 is 24.0 Å². The molecule has 0 rings (SSSR count). The second-order valence-corrected chi connectivity index (χ2v) is 4.65. The van der Waals surface area contributed by atoms with E-state index in [9.17, 15) is 4.79 Å². The van der Waals surface area contributed by atoms with Crippen LogP contribution in [0.15, 0.2) is 4.99 Å². The molecule has 19 heavy (non-hydrogen) atoms. The summed E-state index contributed by atoms with van der Waals surface area (Å²) in [6.45, 7) is 6.46. The lowest BCUT2D eigenvalue weighted by Gasteiger charge is -2.14. The number of halogens is 1. The Morgan fingerprint density at radius 1 is 1.32 bits per heavy atom. The molecule has 0 aliphatic carbocycles. The molecule has 0 atom stereocenters. The van der Waals surface area contributed by atoms with Gasteiger partial charge < -0.3 is 20.3 Å². The summed E-state index contributed by atoms with van der Waals surface area (Å²) in [6, 6.07) is 0. The molecule has 0 spiro atoms. The summed E-state index contributed by atoms with van der Waals surface area (Å²) in [5, 5.41) is 6.30. The highest BCUT2D eigenvalue weighted by molar-refractivity contribution is 14.0. The Morgan fingerprint density at radius 2 is 1.95 bits per heavy atom.